The summed E-state index contributed by atoms with van der Waals surface area (Å²) in [6.45, 7) is 0.272. The van der Waals surface area contributed by atoms with Crippen molar-refractivity contribution in [3.8, 4) is 5.75 Å². The van der Waals surface area contributed by atoms with Gasteiger partial charge >= 0.3 is 17.9 Å². The zero-order valence-electron chi connectivity index (χ0n) is 42.2. The summed E-state index contributed by atoms with van der Waals surface area (Å²) in [5.41, 5.74) is 6.62. The highest BCUT2D eigenvalue weighted by molar-refractivity contribution is 7.98. The normalized spacial score (nSPS) is 16.5. The molecule has 2 aromatic rings. The number of benzene rings is 1. The lowest BCUT2D eigenvalue weighted by molar-refractivity contribution is -0.146. The highest BCUT2D eigenvalue weighted by Crippen LogP contribution is 2.20. The van der Waals surface area contributed by atoms with E-state index >= 15 is 0 Å². The number of carbonyl (C=O) groups is 12. The van der Waals surface area contributed by atoms with E-state index in [0.29, 0.717) is 17.0 Å². The fourth-order valence-corrected chi connectivity index (χ4v) is 8.04. The number of phenols is 1. The number of phenolic OH excluding ortho intramolecular Hbond substituents is 1. The SMILES string of the molecule is CSCC[C@H](N)C(=O)N[C@@H](CCC(=O)O)C(=O)N[C@@H](C)C(=O)N[C@@H](CC(=O)O)C(=O)N1CCC[C@H]1C(=O)N[C@H](C(=O)NCC(=O)N[C@@H](Cc1cnc[nH]1)C(=O)N[C@@H](CO)C(=O)N[C@@H](Cc1ccc(O)cc1)C(=O)O)[C@@H](C)O. The van der Waals surface area contributed by atoms with Crippen LogP contribution in [-0.2, 0) is 70.4 Å². The number of hydrogen-bond acceptors (Lipinski definition) is 18. The van der Waals surface area contributed by atoms with Crippen molar-refractivity contribution >= 4 is 82.8 Å². The molecule has 1 aromatic heterocycles. The molecule has 1 fully saturated rings. The van der Waals surface area contributed by atoms with Gasteiger partial charge in [-0.15, -0.1) is 0 Å². The molecule has 3 rings (SSSR count). The van der Waals surface area contributed by atoms with Gasteiger partial charge in [0.2, 0.25) is 53.2 Å². The Morgan fingerprint density at radius 1 is 0.753 bits per heavy atom. The minimum Gasteiger partial charge on any atom is -0.508 e. The lowest BCUT2D eigenvalue weighted by Gasteiger charge is -2.30. The van der Waals surface area contributed by atoms with Crippen molar-refractivity contribution in [3.05, 3.63) is 48.0 Å². The summed E-state index contributed by atoms with van der Waals surface area (Å²) in [7, 11) is 0. The standard InChI is InChI=1S/C46H66N12O18S/c1-22(51-40(69)28(10-11-35(63)64)53-39(68)27(47)12-14-77-3)38(67)54-30(17-36(65)66)45(74)58-13-4-5-33(58)43(72)57-37(23(2)60)44(73)49-19-34(62)52-29(16-25-18-48-21-50-25)41(70)56-32(20-59)42(71)55-31(46(75)76)15-24-6-8-26(61)9-7-24/h6-9,18,21-23,27-33,37,59-61H,4-5,10-17,19-20,47H2,1-3H3,(H,48,50)(H,49,73)(H,51,69)(H,52,62)(H,53,68)(H,54,67)(H,55,71)(H,56,70)(H,57,72)(H,63,64)(H,65,66)(H,75,76)/t22-,23+,27-,28-,29-,30-,31-,32-,33-,37-/m0/s1. The number of nitrogens with one attached hydrogen (secondary N) is 9. The van der Waals surface area contributed by atoms with E-state index in [0.717, 1.165) is 11.8 Å². The van der Waals surface area contributed by atoms with Crippen LogP contribution >= 0.6 is 11.8 Å². The molecule has 10 atom stereocenters. The van der Waals surface area contributed by atoms with Gasteiger partial charge in [0, 0.05) is 37.7 Å². The van der Waals surface area contributed by atoms with Gasteiger partial charge in [0.25, 0.3) is 0 Å². The Balaban J connectivity index is 1.67. The van der Waals surface area contributed by atoms with Crippen LogP contribution < -0.4 is 48.3 Å². The topological polar surface area (TPSA) is 480 Å². The van der Waals surface area contributed by atoms with Gasteiger partial charge in [0.05, 0.1) is 38.0 Å². The van der Waals surface area contributed by atoms with Crippen LogP contribution in [0.3, 0.4) is 0 Å². The van der Waals surface area contributed by atoms with Gasteiger partial charge in [-0.1, -0.05) is 12.1 Å². The average molecular weight is 1110 g/mol. The van der Waals surface area contributed by atoms with Gasteiger partial charge in [0.15, 0.2) is 0 Å². The third-order valence-corrected chi connectivity index (χ3v) is 12.4. The van der Waals surface area contributed by atoms with E-state index in [9.17, 15) is 88.2 Å². The number of aromatic hydroxyl groups is 1. The summed E-state index contributed by atoms with van der Waals surface area (Å²) < 4.78 is 0. The van der Waals surface area contributed by atoms with Crippen LogP contribution in [0.2, 0.25) is 0 Å². The first-order valence-corrected chi connectivity index (χ1v) is 25.4. The molecule has 9 amide bonds. The number of aromatic amines is 1. The van der Waals surface area contributed by atoms with Crippen LogP contribution in [-0.4, -0.2) is 209 Å². The third-order valence-electron chi connectivity index (χ3n) is 11.8. The van der Waals surface area contributed by atoms with E-state index in [1.54, 1.807) is 6.26 Å². The molecule has 30 nitrogen and oxygen atoms in total. The van der Waals surface area contributed by atoms with Gasteiger partial charge in [-0.05, 0) is 69.2 Å². The Bertz CT molecular complexity index is 2410. The zero-order valence-corrected chi connectivity index (χ0v) is 43.0. The maximum atomic E-state index is 13.9. The maximum absolute atomic E-state index is 13.9. The highest BCUT2D eigenvalue weighted by Gasteiger charge is 2.41. The van der Waals surface area contributed by atoms with Crippen molar-refractivity contribution in [3.63, 3.8) is 0 Å². The van der Waals surface area contributed by atoms with Crippen LogP contribution in [0.4, 0.5) is 0 Å². The predicted molar refractivity (Wildman–Crippen MR) is 268 cm³/mol. The second-order valence-corrected chi connectivity index (χ2v) is 18.8. The Hall–Kier alpha value is -7.90. The number of aliphatic hydroxyl groups is 2. The number of likely N-dealkylation sites (tertiary alicyclic amines) is 1. The number of carboxylic acids is 3. The molecule has 1 aliphatic rings. The first-order chi connectivity index (χ1) is 36.3. The molecule has 31 heteroatoms. The molecule has 77 heavy (non-hydrogen) atoms. The number of aliphatic carboxylic acids is 3. The van der Waals surface area contributed by atoms with Gasteiger partial charge in [-0.2, -0.15) is 11.8 Å². The summed E-state index contributed by atoms with van der Waals surface area (Å²) in [5.74, 6) is -13.0. The fourth-order valence-electron chi connectivity index (χ4n) is 7.55. The third kappa shape index (κ3) is 21.0. The number of thioether (sulfide) groups is 1. The van der Waals surface area contributed by atoms with Crippen molar-refractivity contribution in [2.45, 2.75) is 126 Å². The summed E-state index contributed by atoms with van der Waals surface area (Å²) in [6, 6.07) is -8.27. The molecule has 0 saturated carbocycles. The highest BCUT2D eigenvalue weighted by atomic mass is 32.2. The lowest BCUT2D eigenvalue weighted by atomic mass is 10.1. The summed E-state index contributed by atoms with van der Waals surface area (Å²) in [6.07, 6.45) is 0.652. The molecule has 0 aliphatic carbocycles. The van der Waals surface area contributed by atoms with Crippen molar-refractivity contribution in [1.29, 1.82) is 0 Å². The second-order valence-electron chi connectivity index (χ2n) is 17.8. The van der Waals surface area contributed by atoms with Crippen LogP contribution in [0.15, 0.2) is 36.8 Å². The number of rotatable bonds is 32. The van der Waals surface area contributed by atoms with Gasteiger partial charge in [-0.3, -0.25) is 52.7 Å². The second kappa shape index (κ2) is 31.2. The van der Waals surface area contributed by atoms with E-state index in [1.165, 1.54) is 55.5 Å². The Kier molecular flexibility index (Phi) is 25.7. The van der Waals surface area contributed by atoms with E-state index in [4.69, 9.17) is 5.73 Å². The average Bonchev–Trinajstić information content (AvgIpc) is 4.09. The number of aromatic nitrogens is 2. The first kappa shape index (κ1) is 63.4. The summed E-state index contributed by atoms with van der Waals surface area (Å²) in [4.78, 5) is 163. The molecular formula is C46H66N12O18S. The summed E-state index contributed by atoms with van der Waals surface area (Å²) in [5, 5.41) is 77.1. The molecular weight excluding hydrogens is 1040 g/mol. The summed E-state index contributed by atoms with van der Waals surface area (Å²) >= 11 is 1.42. The fraction of sp³-hybridized carbons (Fsp3) is 0.543. The van der Waals surface area contributed by atoms with Crippen molar-refractivity contribution < 1.29 is 88.2 Å². The molecule has 1 aromatic carbocycles. The smallest absolute Gasteiger partial charge is 0.326 e. The number of hydrogen-bond donors (Lipinski definition) is 16. The monoisotopic (exact) mass is 1110 g/mol. The lowest BCUT2D eigenvalue weighted by Crippen LogP contribution is -2.60. The minimum absolute atomic E-state index is 0.0305. The largest absolute Gasteiger partial charge is 0.508 e. The Morgan fingerprint density at radius 3 is 1.96 bits per heavy atom. The van der Waals surface area contributed by atoms with E-state index < -0.39 is 158 Å². The van der Waals surface area contributed by atoms with Crippen LogP contribution in [0.25, 0.3) is 0 Å². The van der Waals surface area contributed by atoms with Crippen molar-refractivity contribution in [2.24, 2.45) is 5.73 Å². The molecule has 0 unspecified atom stereocenters. The number of imidazole rings is 1. The van der Waals surface area contributed by atoms with E-state index in [1.807, 2.05) is 0 Å². The molecule has 1 aliphatic heterocycles. The van der Waals surface area contributed by atoms with Crippen molar-refractivity contribution in [1.82, 2.24) is 57.4 Å². The van der Waals surface area contributed by atoms with Gasteiger partial charge in [0.1, 0.15) is 54.1 Å². The van der Waals surface area contributed by atoms with Gasteiger partial charge < -0.3 is 88.8 Å². The number of H-pyrrole nitrogens is 1. The first-order valence-electron chi connectivity index (χ1n) is 24.0. The maximum Gasteiger partial charge on any atom is 0.326 e. The number of nitrogens with zero attached hydrogens (tertiary/aromatic N) is 2. The van der Waals surface area contributed by atoms with Crippen LogP contribution in [0.1, 0.15) is 63.6 Å². The van der Waals surface area contributed by atoms with E-state index in [-0.39, 0.29) is 50.8 Å². The molecule has 2 heterocycles. The number of aliphatic hydroxyl groups excluding tert-OH is 2. The predicted octanol–water partition coefficient (Wildman–Crippen LogP) is -5.70. The van der Waals surface area contributed by atoms with Crippen LogP contribution in [0, 0.1) is 0 Å². The molecule has 1 saturated heterocycles. The molecule has 0 bridgehead atoms. The quantitative estimate of drug-likeness (QED) is 0.0325. The van der Waals surface area contributed by atoms with Crippen molar-refractivity contribution in [2.75, 3.05) is 31.7 Å². The Morgan fingerprint density at radius 2 is 1.38 bits per heavy atom. The van der Waals surface area contributed by atoms with Gasteiger partial charge in [-0.25, -0.2) is 9.78 Å². The Labute approximate surface area is 444 Å². The number of carboxylic acid groups (broad SMARTS) is 3. The molecule has 424 valence electrons. The molecule has 17 N–H and O–H groups in total. The van der Waals surface area contributed by atoms with E-state index in [2.05, 4.69) is 52.5 Å². The number of nitrogens with two attached hydrogens (primary N) is 1. The minimum atomic E-state index is -1.82. The van der Waals surface area contributed by atoms with Crippen LogP contribution in [0.5, 0.6) is 5.75 Å². The molecule has 0 spiro atoms. The number of carbonyl (C=O) groups excluding carboxylic acids is 9. The number of amides is 9. The zero-order chi connectivity index (χ0) is 57.5. The molecule has 0 radical (unpaired) electrons.